The number of nitrogens with one attached hydrogen (secondary N) is 2. The number of rotatable bonds is 4. The Bertz CT molecular complexity index is 393. The summed E-state index contributed by atoms with van der Waals surface area (Å²) in [5.74, 6) is 0.985. The highest BCUT2D eigenvalue weighted by Crippen LogP contribution is 2.22. The molecular weight excluding hydrogens is 236 g/mol. The molecule has 0 aliphatic carbocycles. The first-order chi connectivity index (χ1) is 9.35. The number of fused-ring (bicyclic) bond motifs is 1. The Morgan fingerprint density at radius 2 is 2.21 bits per heavy atom. The van der Waals surface area contributed by atoms with Gasteiger partial charge in [0.25, 0.3) is 0 Å². The molecule has 3 heterocycles. The van der Waals surface area contributed by atoms with Crippen LogP contribution in [0.15, 0.2) is 6.33 Å². The molecule has 1 aromatic heterocycles. The molecule has 0 saturated carbocycles. The highest BCUT2D eigenvalue weighted by molar-refractivity contribution is 5.16. The van der Waals surface area contributed by atoms with Crippen molar-refractivity contribution in [1.82, 2.24) is 20.2 Å². The molecule has 1 fully saturated rings. The van der Waals surface area contributed by atoms with Gasteiger partial charge in [-0.15, -0.1) is 0 Å². The van der Waals surface area contributed by atoms with Gasteiger partial charge in [-0.25, -0.2) is 4.98 Å². The van der Waals surface area contributed by atoms with Crippen molar-refractivity contribution in [1.29, 1.82) is 0 Å². The van der Waals surface area contributed by atoms with E-state index >= 15 is 0 Å². The largest absolute Gasteiger partial charge is 0.347 e. The first kappa shape index (κ1) is 13.1. The van der Waals surface area contributed by atoms with E-state index in [1.807, 2.05) is 6.33 Å². The van der Waals surface area contributed by atoms with Crippen LogP contribution in [-0.2, 0) is 13.0 Å². The van der Waals surface area contributed by atoms with Crippen molar-refractivity contribution in [2.24, 2.45) is 5.92 Å². The SMILES string of the molecule is CCCC1CCN(CC2Cc3nc[nH]c3CN2)CC1. The highest BCUT2D eigenvalue weighted by atomic mass is 15.2. The molecule has 0 amide bonds. The van der Waals surface area contributed by atoms with Gasteiger partial charge < -0.3 is 15.2 Å². The third kappa shape index (κ3) is 3.18. The first-order valence-electron chi connectivity index (χ1n) is 7.82. The molecule has 0 aromatic carbocycles. The van der Waals surface area contributed by atoms with Crippen LogP contribution in [0.3, 0.4) is 0 Å². The molecule has 4 heteroatoms. The Hall–Kier alpha value is -0.870. The van der Waals surface area contributed by atoms with Gasteiger partial charge in [-0.3, -0.25) is 0 Å². The maximum Gasteiger partial charge on any atom is 0.0925 e. The summed E-state index contributed by atoms with van der Waals surface area (Å²) < 4.78 is 0. The molecule has 1 aromatic rings. The Morgan fingerprint density at radius 1 is 1.37 bits per heavy atom. The van der Waals surface area contributed by atoms with Crippen molar-refractivity contribution in [3.8, 4) is 0 Å². The van der Waals surface area contributed by atoms with Crippen LogP contribution in [0, 0.1) is 5.92 Å². The molecule has 1 saturated heterocycles. The second kappa shape index (κ2) is 6.06. The molecule has 19 heavy (non-hydrogen) atoms. The van der Waals surface area contributed by atoms with Gasteiger partial charge in [-0.05, 0) is 31.8 Å². The van der Waals surface area contributed by atoms with Crippen LogP contribution in [0.4, 0.5) is 0 Å². The zero-order valence-electron chi connectivity index (χ0n) is 12.0. The van der Waals surface area contributed by atoms with Crippen molar-refractivity contribution in [3.05, 3.63) is 17.7 Å². The summed E-state index contributed by atoms with van der Waals surface area (Å²) in [6.45, 7) is 7.02. The topological polar surface area (TPSA) is 44.0 Å². The molecule has 2 aliphatic heterocycles. The van der Waals surface area contributed by atoms with E-state index in [0.29, 0.717) is 6.04 Å². The van der Waals surface area contributed by atoms with Crippen LogP contribution < -0.4 is 5.32 Å². The monoisotopic (exact) mass is 262 g/mol. The second-order valence-corrected chi connectivity index (χ2v) is 6.14. The second-order valence-electron chi connectivity index (χ2n) is 6.14. The molecule has 2 N–H and O–H groups in total. The van der Waals surface area contributed by atoms with Crippen molar-refractivity contribution >= 4 is 0 Å². The first-order valence-corrected chi connectivity index (χ1v) is 7.82. The Balaban J connectivity index is 1.46. The molecule has 0 spiro atoms. The maximum absolute atomic E-state index is 4.42. The normalized spacial score (nSPS) is 25.4. The third-order valence-electron chi connectivity index (χ3n) is 4.70. The quantitative estimate of drug-likeness (QED) is 0.871. The summed E-state index contributed by atoms with van der Waals surface area (Å²) in [4.78, 5) is 10.3. The van der Waals surface area contributed by atoms with E-state index in [0.717, 1.165) is 18.9 Å². The number of hydrogen-bond donors (Lipinski definition) is 2. The van der Waals surface area contributed by atoms with E-state index in [9.17, 15) is 0 Å². The number of H-pyrrole nitrogens is 1. The average molecular weight is 262 g/mol. The third-order valence-corrected chi connectivity index (χ3v) is 4.70. The van der Waals surface area contributed by atoms with Gasteiger partial charge in [0, 0.05) is 25.6 Å². The summed E-state index contributed by atoms with van der Waals surface area (Å²) in [6.07, 6.45) is 8.46. The number of aromatic amines is 1. The van der Waals surface area contributed by atoms with Gasteiger partial charge >= 0.3 is 0 Å². The Kier molecular flexibility index (Phi) is 4.18. The van der Waals surface area contributed by atoms with Crippen LogP contribution in [0.25, 0.3) is 0 Å². The molecule has 0 bridgehead atoms. The number of nitrogens with zero attached hydrogens (tertiary/aromatic N) is 2. The standard InChI is InChI=1S/C15H26N4/c1-2-3-12-4-6-19(7-5-12)10-13-8-14-15(9-16-13)18-11-17-14/h11-13,16H,2-10H2,1H3,(H,17,18). The molecule has 1 atom stereocenters. The number of hydrogen-bond acceptors (Lipinski definition) is 3. The molecule has 106 valence electrons. The van der Waals surface area contributed by atoms with E-state index in [2.05, 4.69) is 27.1 Å². The fourth-order valence-corrected chi connectivity index (χ4v) is 3.54. The Labute approximate surface area is 116 Å². The van der Waals surface area contributed by atoms with E-state index in [1.54, 1.807) is 0 Å². The van der Waals surface area contributed by atoms with Crippen LogP contribution in [0.1, 0.15) is 44.0 Å². The fourth-order valence-electron chi connectivity index (χ4n) is 3.54. The maximum atomic E-state index is 4.42. The average Bonchev–Trinajstić information content (AvgIpc) is 2.89. The minimum Gasteiger partial charge on any atom is -0.347 e. The number of aromatic nitrogens is 2. The summed E-state index contributed by atoms with van der Waals surface area (Å²) in [5.41, 5.74) is 2.54. The van der Waals surface area contributed by atoms with Gasteiger partial charge in [0.15, 0.2) is 0 Å². The van der Waals surface area contributed by atoms with Crippen molar-refractivity contribution in [2.75, 3.05) is 19.6 Å². The van der Waals surface area contributed by atoms with Gasteiger partial charge in [0.05, 0.1) is 17.7 Å². The lowest BCUT2D eigenvalue weighted by Crippen LogP contribution is -2.47. The zero-order chi connectivity index (χ0) is 13.1. The van der Waals surface area contributed by atoms with Crippen molar-refractivity contribution in [3.63, 3.8) is 0 Å². The van der Waals surface area contributed by atoms with E-state index in [4.69, 9.17) is 0 Å². The highest BCUT2D eigenvalue weighted by Gasteiger charge is 2.24. The van der Waals surface area contributed by atoms with Gasteiger partial charge in [-0.1, -0.05) is 19.8 Å². The van der Waals surface area contributed by atoms with Gasteiger partial charge in [-0.2, -0.15) is 0 Å². The predicted molar refractivity (Wildman–Crippen MR) is 77.0 cm³/mol. The number of imidazole rings is 1. The van der Waals surface area contributed by atoms with E-state index in [1.165, 1.54) is 56.7 Å². The number of likely N-dealkylation sites (tertiary alicyclic amines) is 1. The van der Waals surface area contributed by atoms with E-state index in [-0.39, 0.29) is 0 Å². The van der Waals surface area contributed by atoms with Crippen molar-refractivity contribution in [2.45, 2.75) is 51.6 Å². The molecule has 3 rings (SSSR count). The van der Waals surface area contributed by atoms with Crippen LogP contribution >= 0.6 is 0 Å². The smallest absolute Gasteiger partial charge is 0.0925 e. The molecule has 2 aliphatic rings. The zero-order valence-corrected chi connectivity index (χ0v) is 12.0. The lowest BCUT2D eigenvalue weighted by molar-refractivity contribution is 0.160. The molecule has 4 nitrogen and oxygen atoms in total. The number of piperidine rings is 1. The van der Waals surface area contributed by atoms with Gasteiger partial charge in [0.1, 0.15) is 0 Å². The Morgan fingerprint density at radius 3 is 3.00 bits per heavy atom. The van der Waals surface area contributed by atoms with Crippen molar-refractivity contribution < 1.29 is 0 Å². The lowest BCUT2D eigenvalue weighted by atomic mass is 9.92. The lowest BCUT2D eigenvalue weighted by Gasteiger charge is -2.35. The summed E-state index contributed by atoms with van der Waals surface area (Å²) in [5, 5.41) is 3.63. The minimum absolute atomic E-state index is 0.582. The summed E-state index contributed by atoms with van der Waals surface area (Å²) >= 11 is 0. The summed E-state index contributed by atoms with van der Waals surface area (Å²) in [6, 6.07) is 0.582. The molecule has 0 radical (unpaired) electrons. The molecule has 1 unspecified atom stereocenters. The molecular formula is C15H26N4. The van der Waals surface area contributed by atoms with Crippen LogP contribution in [0.5, 0.6) is 0 Å². The van der Waals surface area contributed by atoms with E-state index < -0.39 is 0 Å². The predicted octanol–water partition coefficient (Wildman–Crippen LogP) is 1.94. The summed E-state index contributed by atoms with van der Waals surface area (Å²) in [7, 11) is 0. The minimum atomic E-state index is 0.582. The fraction of sp³-hybridized carbons (Fsp3) is 0.800. The van der Waals surface area contributed by atoms with Crippen LogP contribution in [0.2, 0.25) is 0 Å². The van der Waals surface area contributed by atoms with Crippen LogP contribution in [-0.4, -0.2) is 40.5 Å². The van der Waals surface area contributed by atoms with Gasteiger partial charge in [0.2, 0.25) is 0 Å².